The second-order valence-corrected chi connectivity index (χ2v) is 1.19. The Morgan fingerprint density at radius 3 is 1.67 bits per heavy atom. The molecule has 0 aliphatic carbocycles. The Kier molecular flexibility index (Phi) is 43.4. The Labute approximate surface area is 110 Å². The molecule has 0 aliphatic rings. The van der Waals surface area contributed by atoms with E-state index in [1.165, 1.54) is 12.3 Å². The van der Waals surface area contributed by atoms with Crippen LogP contribution in [0.2, 0.25) is 0 Å². The zero-order valence-electron chi connectivity index (χ0n) is 5.62. The van der Waals surface area contributed by atoms with E-state index in [4.69, 9.17) is 5.11 Å². The second-order valence-electron chi connectivity index (χ2n) is 1.19. The van der Waals surface area contributed by atoms with Crippen molar-refractivity contribution in [2.24, 2.45) is 0 Å². The molecule has 0 aromatic carbocycles. The largest absolute Gasteiger partial charge is 1.00 e. The van der Waals surface area contributed by atoms with Gasteiger partial charge in [0.15, 0.2) is 0 Å². The van der Waals surface area contributed by atoms with E-state index in [1.807, 2.05) is 0 Å². The molecule has 1 aromatic heterocycles. The van der Waals surface area contributed by atoms with Gasteiger partial charge in [-0.15, -0.1) is 0 Å². The summed E-state index contributed by atoms with van der Waals surface area (Å²) in [5.74, 6) is 0.0718. The van der Waals surface area contributed by atoms with E-state index in [-0.39, 0.29) is 76.6 Å². The van der Waals surface area contributed by atoms with Gasteiger partial charge in [-0.25, -0.2) is 4.98 Å². The van der Waals surface area contributed by atoms with E-state index >= 15 is 0 Å². The molecule has 1 N–H and O–H groups in total. The number of aromatic hydroxyl groups is 1. The van der Waals surface area contributed by atoms with Crippen molar-refractivity contribution in [1.82, 2.24) is 4.98 Å². The zero-order valence-corrected chi connectivity index (χ0v) is 11.6. The SMILES string of the molecule is Oc1ccccn1.[Cl-].[Cl-].[Cl-].[Cl-].[W]. The number of hydrogen-bond donors (Lipinski definition) is 1. The first kappa shape index (κ1) is 29.3. The summed E-state index contributed by atoms with van der Waals surface area (Å²) in [6.45, 7) is 0. The van der Waals surface area contributed by atoms with Crippen molar-refractivity contribution in [1.29, 1.82) is 0 Å². The van der Waals surface area contributed by atoms with Gasteiger partial charge in [0.2, 0.25) is 5.88 Å². The van der Waals surface area contributed by atoms with Crippen LogP contribution in [-0.4, -0.2) is 10.1 Å². The number of nitrogens with zero attached hydrogens (tertiary/aromatic N) is 1. The van der Waals surface area contributed by atoms with Crippen LogP contribution in [-0.2, 0) is 21.1 Å². The van der Waals surface area contributed by atoms with Crippen LogP contribution in [0, 0.1) is 0 Å². The minimum Gasteiger partial charge on any atom is -1.00 e. The molecule has 0 amide bonds. The van der Waals surface area contributed by atoms with Crippen LogP contribution in [0.3, 0.4) is 0 Å². The molecule has 0 unspecified atom stereocenters. The first-order chi connectivity index (χ1) is 3.39. The van der Waals surface area contributed by atoms with E-state index in [0.717, 1.165) is 0 Å². The Morgan fingerprint density at radius 1 is 1.00 bits per heavy atom. The zero-order chi connectivity index (χ0) is 5.11. The average Bonchev–Trinajstić information content (AvgIpc) is 1.69. The summed E-state index contributed by atoms with van der Waals surface area (Å²) in [6.07, 6.45) is 1.54. The van der Waals surface area contributed by atoms with Gasteiger partial charge in [-0.05, 0) is 6.07 Å². The minimum atomic E-state index is 0. The summed E-state index contributed by atoms with van der Waals surface area (Å²) in [4.78, 5) is 3.53. The Morgan fingerprint density at radius 2 is 1.50 bits per heavy atom. The normalized spacial score (nSPS) is 5.00. The maximum atomic E-state index is 8.52. The van der Waals surface area contributed by atoms with Gasteiger partial charge in [-0.1, -0.05) is 6.07 Å². The van der Waals surface area contributed by atoms with E-state index in [1.54, 1.807) is 12.1 Å². The maximum absolute atomic E-state index is 8.52. The Bertz CT molecular complexity index is 153. The molecule has 0 atom stereocenters. The molecule has 2 nitrogen and oxygen atoms in total. The monoisotopic (exact) mass is 419 g/mol. The number of hydrogen-bond acceptors (Lipinski definition) is 2. The Hall–Kier alpha value is 0.798. The van der Waals surface area contributed by atoms with E-state index < -0.39 is 0 Å². The summed E-state index contributed by atoms with van der Waals surface area (Å²) < 4.78 is 0. The molecule has 1 aromatic rings. The molecule has 0 bridgehead atoms. The van der Waals surface area contributed by atoms with Crippen LogP contribution >= 0.6 is 0 Å². The van der Waals surface area contributed by atoms with E-state index in [2.05, 4.69) is 4.98 Å². The van der Waals surface area contributed by atoms with Crippen LogP contribution in [0.4, 0.5) is 0 Å². The molecular formula is C5H5Cl4NOW-4. The minimum absolute atomic E-state index is 0. The molecule has 0 aliphatic heterocycles. The molecule has 1 rings (SSSR count). The third kappa shape index (κ3) is 13.4. The summed E-state index contributed by atoms with van der Waals surface area (Å²) in [5, 5.41) is 8.52. The second kappa shape index (κ2) is 17.8. The molecule has 0 saturated heterocycles. The summed E-state index contributed by atoms with van der Waals surface area (Å²) in [6, 6.07) is 5.00. The molecular weight excluding hydrogens is 416 g/mol. The van der Waals surface area contributed by atoms with Crippen LogP contribution in [0.15, 0.2) is 24.4 Å². The molecule has 12 heavy (non-hydrogen) atoms. The van der Waals surface area contributed by atoms with Crippen molar-refractivity contribution in [2.45, 2.75) is 0 Å². The standard InChI is InChI=1S/C5H5NO.4ClH.W/c7-5-3-1-2-4-6-5;;;;;/h1-4H,(H,6,7);4*1H;/p-4. The van der Waals surface area contributed by atoms with Gasteiger partial charge in [0, 0.05) is 33.3 Å². The third-order valence-electron chi connectivity index (χ3n) is 0.649. The predicted molar refractivity (Wildman–Crippen MR) is 25.9 cm³/mol. The summed E-state index contributed by atoms with van der Waals surface area (Å²) in [7, 11) is 0. The first-order valence-corrected chi connectivity index (χ1v) is 1.99. The molecule has 0 saturated carbocycles. The van der Waals surface area contributed by atoms with Crippen molar-refractivity contribution in [3.05, 3.63) is 24.4 Å². The maximum Gasteiger partial charge on any atom is 0.210 e. The van der Waals surface area contributed by atoms with Gasteiger partial charge < -0.3 is 54.7 Å². The quantitative estimate of drug-likeness (QED) is 0.452. The number of aromatic nitrogens is 1. The first-order valence-electron chi connectivity index (χ1n) is 1.99. The molecule has 0 fully saturated rings. The van der Waals surface area contributed by atoms with Crippen LogP contribution < -0.4 is 49.6 Å². The molecule has 74 valence electrons. The summed E-state index contributed by atoms with van der Waals surface area (Å²) >= 11 is 0. The van der Waals surface area contributed by atoms with Crippen molar-refractivity contribution >= 4 is 0 Å². The third-order valence-corrected chi connectivity index (χ3v) is 0.649. The topological polar surface area (TPSA) is 33.1 Å². The predicted octanol–water partition coefficient (Wildman–Crippen LogP) is -11.2. The van der Waals surface area contributed by atoms with Gasteiger partial charge in [-0.2, -0.15) is 0 Å². The molecule has 0 spiro atoms. The Balaban J connectivity index is -0.0000000327. The smallest absolute Gasteiger partial charge is 0.210 e. The molecule has 1 heterocycles. The van der Waals surface area contributed by atoms with Gasteiger partial charge >= 0.3 is 0 Å². The van der Waals surface area contributed by atoms with Crippen LogP contribution in [0.5, 0.6) is 5.88 Å². The van der Waals surface area contributed by atoms with Crippen molar-refractivity contribution in [2.75, 3.05) is 0 Å². The fourth-order valence-corrected chi connectivity index (χ4v) is 0.354. The number of halogens is 4. The van der Waals surface area contributed by atoms with Crippen molar-refractivity contribution in [3.63, 3.8) is 0 Å². The fourth-order valence-electron chi connectivity index (χ4n) is 0.354. The molecule has 0 radical (unpaired) electrons. The number of rotatable bonds is 0. The van der Waals surface area contributed by atoms with E-state index in [9.17, 15) is 0 Å². The molecule has 7 heteroatoms. The van der Waals surface area contributed by atoms with Crippen molar-refractivity contribution < 1.29 is 75.8 Å². The van der Waals surface area contributed by atoms with Crippen molar-refractivity contribution in [3.8, 4) is 5.88 Å². The van der Waals surface area contributed by atoms with Gasteiger partial charge in [0.25, 0.3) is 0 Å². The average molecular weight is 421 g/mol. The number of pyridine rings is 1. The van der Waals surface area contributed by atoms with Crippen LogP contribution in [0.25, 0.3) is 0 Å². The van der Waals surface area contributed by atoms with Crippen LogP contribution in [0.1, 0.15) is 0 Å². The summed E-state index contributed by atoms with van der Waals surface area (Å²) in [5.41, 5.74) is 0. The fraction of sp³-hybridized carbons (Fsp3) is 0. The van der Waals surface area contributed by atoms with E-state index in [0.29, 0.717) is 0 Å². The van der Waals surface area contributed by atoms with Gasteiger partial charge in [0.05, 0.1) is 0 Å². The van der Waals surface area contributed by atoms with Gasteiger partial charge in [0.1, 0.15) is 0 Å². The van der Waals surface area contributed by atoms with Gasteiger partial charge in [-0.3, -0.25) is 0 Å².